The van der Waals surface area contributed by atoms with Crippen molar-refractivity contribution < 1.29 is 0 Å². The number of allylic oxidation sites excluding steroid dienone is 1. The van der Waals surface area contributed by atoms with Crippen LogP contribution >= 0.6 is 11.6 Å². The molecule has 1 fully saturated rings. The summed E-state index contributed by atoms with van der Waals surface area (Å²) in [5.74, 6) is 0. The van der Waals surface area contributed by atoms with Gasteiger partial charge in [-0.1, -0.05) is 36.4 Å². The fraction of sp³-hybridized carbons (Fsp3) is 0.417. The third-order valence-electron chi connectivity index (χ3n) is 6.91. The van der Waals surface area contributed by atoms with Crippen molar-refractivity contribution in [1.29, 1.82) is 0 Å². The molecule has 2 aromatic carbocycles. The summed E-state index contributed by atoms with van der Waals surface area (Å²) in [6, 6.07) is 13.2. The van der Waals surface area contributed by atoms with E-state index in [4.69, 9.17) is 11.6 Å². The number of hydrogen-bond donors (Lipinski definition) is 2. The molecule has 2 N–H and O–H groups in total. The van der Waals surface area contributed by atoms with Crippen LogP contribution in [0.1, 0.15) is 41.5 Å². The molecule has 2 aromatic rings. The maximum absolute atomic E-state index is 6.29. The highest BCUT2D eigenvalue weighted by atomic mass is 35.5. The third-order valence-corrected chi connectivity index (χ3v) is 7.15. The van der Waals surface area contributed by atoms with Crippen molar-refractivity contribution in [3.8, 4) is 0 Å². The standard InChI is InChI=1S/C24H28ClN3/c1-17-24(22-14-21(25)6-7-23(22)27-17)8-11-28(12-9-24)10-2-3-18-4-5-19-15-26-16-20(19)13-18/h4-7,13-14,26-27H,1-3,8-12,15-16H2. The van der Waals surface area contributed by atoms with E-state index in [0.29, 0.717) is 0 Å². The summed E-state index contributed by atoms with van der Waals surface area (Å²) < 4.78 is 0. The minimum atomic E-state index is 0.0592. The topological polar surface area (TPSA) is 27.3 Å². The number of anilines is 1. The van der Waals surface area contributed by atoms with Crippen LogP contribution in [0.3, 0.4) is 0 Å². The van der Waals surface area contributed by atoms with E-state index in [1.165, 1.54) is 47.3 Å². The van der Waals surface area contributed by atoms with E-state index in [2.05, 4.69) is 52.4 Å². The second-order valence-corrected chi connectivity index (χ2v) is 8.96. The van der Waals surface area contributed by atoms with Crippen LogP contribution in [0.5, 0.6) is 0 Å². The summed E-state index contributed by atoms with van der Waals surface area (Å²) in [6.45, 7) is 9.83. The zero-order chi connectivity index (χ0) is 19.1. The average molecular weight is 394 g/mol. The van der Waals surface area contributed by atoms with E-state index in [-0.39, 0.29) is 5.41 Å². The summed E-state index contributed by atoms with van der Waals surface area (Å²) in [4.78, 5) is 2.62. The molecule has 0 aliphatic carbocycles. The Hall–Kier alpha value is -1.81. The molecule has 0 radical (unpaired) electrons. The lowest BCUT2D eigenvalue weighted by molar-refractivity contribution is 0.179. The lowest BCUT2D eigenvalue weighted by Gasteiger charge is -2.40. The Labute approximate surface area is 172 Å². The summed E-state index contributed by atoms with van der Waals surface area (Å²) in [7, 11) is 0. The normalized spacial score (nSPS) is 20.2. The molecule has 0 unspecified atom stereocenters. The Bertz CT molecular complexity index is 912. The quantitative estimate of drug-likeness (QED) is 0.777. The molecule has 3 aliphatic rings. The van der Waals surface area contributed by atoms with Gasteiger partial charge in [0.15, 0.2) is 0 Å². The molecule has 4 heteroatoms. The fourth-order valence-electron chi connectivity index (χ4n) is 5.21. The van der Waals surface area contributed by atoms with Gasteiger partial charge in [-0.25, -0.2) is 0 Å². The Morgan fingerprint density at radius 3 is 2.71 bits per heavy atom. The number of nitrogens with zero attached hydrogens (tertiary/aromatic N) is 1. The van der Waals surface area contributed by atoms with Gasteiger partial charge in [0.05, 0.1) is 0 Å². The zero-order valence-corrected chi connectivity index (χ0v) is 17.1. The van der Waals surface area contributed by atoms with Crippen LogP contribution in [-0.2, 0) is 24.9 Å². The smallest absolute Gasteiger partial charge is 0.0425 e. The van der Waals surface area contributed by atoms with Crippen LogP contribution in [0.15, 0.2) is 48.7 Å². The van der Waals surface area contributed by atoms with Crippen LogP contribution in [0.2, 0.25) is 5.02 Å². The highest BCUT2D eigenvalue weighted by Gasteiger charge is 2.44. The third kappa shape index (κ3) is 3.16. The average Bonchev–Trinajstić information content (AvgIpc) is 3.27. The Kier molecular flexibility index (Phi) is 4.70. The van der Waals surface area contributed by atoms with Crippen molar-refractivity contribution in [2.75, 3.05) is 25.0 Å². The predicted molar refractivity (Wildman–Crippen MR) is 117 cm³/mol. The summed E-state index contributed by atoms with van der Waals surface area (Å²) >= 11 is 6.29. The van der Waals surface area contributed by atoms with Gasteiger partial charge in [-0.3, -0.25) is 0 Å². The fourth-order valence-corrected chi connectivity index (χ4v) is 5.38. The number of nitrogens with one attached hydrogen (secondary N) is 2. The van der Waals surface area contributed by atoms with Crippen molar-refractivity contribution in [3.05, 3.63) is 76.0 Å². The number of likely N-dealkylation sites (tertiary alicyclic amines) is 1. The van der Waals surface area contributed by atoms with E-state index in [0.717, 1.165) is 49.7 Å². The van der Waals surface area contributed by atoms with Crippen molar-refractivity contribution in [2.24, 2.45) is 0 Å². The van der Waals surface area contributed by atoms with E-state index in [9.17, 15) is 0 Å². The van der Waals surface area contributed by atoms with E-state index < -0.39 is 0 Å². The summed E-state index contributed by atoms with van der Waals surface area (Å²) in [6.07, 6.45) is 4.63. The molecule has 3 heterocycles. The van der Waals surface area contributed by atoms with Gasteiger partial charge in [0, 0.05) is 34.9 Å². The van der Waals surface area contributed by atoms with Gasteiger partial charge in [-0.15, -0.1) is 0 Å². The molecule has 0 saturated carbocycles. The van der Waals surface area contributed by atoms with Crippen molar-refractivity contribution >= 4 is 17.3 Å². The van der Waals surface area contributed by atoms with Crippen LogP contribution < -0.4 is 10.6 Å². The molecule has 5 rings (SSSR count). The second-order valence-electron chi connectivity index (χ2n) is 8.53. The van der Waals surface area contributed by atoms with E-state index in [1.54, 1.807) is 0 Å². The van der Waals surface area contributed by atoms with Gasteiger partial charge in [0.1, 0.15) is 0 Å². The highest BCUT2D eigenvalue weighted by molar-refractivity contribution is 6.30. The maximum Gasteiger partial charge on any atom is 0.0425 e. The number of piperidine rings is 1. The van der Waals surface area contributed by atoms with Crippen LogP contribution in [0, 0.1) is 0 Å². The Morgan fingerprint density at radius 2 is 1.86 bits per heavy atom. The number of rotatable bonds is 4. The number of fused-ring (bicyclic) bond motifs is 3. The highest BCUT2D eigenvalue weighted by Crippen LogP contribution is 2.50. The molecule has 3 aliphatic heterocycles. The molecule has 0 atom stereocenters. The zero-order valence-electron chi connectivity index (χ0n) is 16.4. The first-order chi connectivity index (χ1) is 13.6. The van der Waals surface area contributed by atoms with E-state index >= 15 is 0 Å². The predicted octanol–water partition coefficient (Wildman–Crippen LogP) is 4.85. The molecular formula is C24H28ClN3. The Balaban J connectivity index is 1.18. The van der Waals surface area contributed by atoms with Crippen LogP contribution in [0.4, 0.5) is 5.69 Å². The molecule has 0 bridgehead atoms. The molecule has 1 saturated heterocycles. The summed E-state index contributed by atoms with van der Waals surface area (Å²) in [5.41, 5.74) is 8.18. The molecule has 28 heavy (non-hydrogen) atoms. The van der Waals surface area contributed by atoms with Crippen molar-refractivity contribution in [3.63, 3.8) is 0 Å². The first-order valence-electron chi connectivity index (χ1n) is 10.4. The van der Waals surface area contributed by atoms with Gasteiger partial charge in [-0.2, -0.15) is 0 Å². The monoisotopic (exact) mass is 393 g/mol. The SMILES string of the molecule is C=C1Nc2ccc(Cl)cc2C12CCN(CCCc1ccc3c(c1)CNC3)CC2. The Morgan fingerprint density at radius 1 is 1.04 bits per heavy atom. The second kappa shape index (κ2) is 7.22. The summed E-state index contributed by atoms with van der Waals surface area (Å²) in [5, 5.41) is 7.76. The van der Waals surface area contributed by atoms with Gasteiger partial charge in [0.25, 0.3) is 0 Å². The van der Waals surface area contributed by atoms with Gasteiger partial charge < -0.3 is 15.5 Å². The lowest BCUT2D eigenvalue weighted by Crippen LogP contribution is -2.43. The molecular weight excluding hydrogens is 366 g/mol. The molecule has 0 aromatic heterocycles. The largest absolute Gasteiger partial charge is 0.358 e. The van der Waals surface area contributed by atoms with Gasteiger partial charge in [0.2, 0.25) is 0 Å². The van der Waals surface area contributed by atoms with Crippen LogP contribution in [0.25, 0.3) is 0 Å². The van der Waals surface area contributed by atoms with Crippen molar-refractivity contribution in [1.82, 2.24) is 10.2 Å². The maximum atomic E-state index is 6.29. The first-order valence-corrected chi connectivity index (χ1v) is 10.8. The molecule has 1 spiro atoms. The number of aryl methyl sites for hydroxylation is 1. The molecule has 146 valence electrons. The number of halogens is 1. The minimum Gasteiger partial charge on any atom is -0.358 e. The van der Waals surface area contributed by atoms with Gasteiger partial charge >= 0.3 is 0 Å². The first kappa shape index (κ1) is 18.2. The van der Waals surface area contributed by atoms with Gasteiger partial charge in [-0.05, 0) is 85.8 Å². The lowest BCUT2D eigenvalue weighted by atomic mass is 9.72. The number of benzene rings is 2. The molecule has 0 amide bonds. The molecule has 3 nitrogen and oxygen atoms in total. The number of hydrogen-bond acceptors (Lipinski definition) is 3. The minimum absolute atomic E-state index is 0.0592. The van der Waals surface area contributed by atoms with Crippen molar-refractivity contribution in [2.45, 2.75) is 44.2 Å². The van der Waals surface area contributed by atoms with E-state index in [1.807, 2.05) is 6.07 Å². The van der Waals surface area contributed by atoms with Crippen LogP contribution in [-0.4, -0.2) is 24.5 Å².